The van der Waals surface area contributed by atoms with Gasteiger partial charge in [-0.3, -0.25) is 4.40 Å². The second-order valence-corrected chi connectivity index (χ2v) is 5.00. The van der Waals surface area contributed by atoms with Gasteiger partial charge in [-0.15, -0.1) is 10.2 Å². The van der Waals surface area contributed by atoms with Crippen LogP contribution in [0.4, 0.5) is 10.1 Å². The summed E-state index contributed by atoms with van der Waals surface area (Å²) in [5.41, 5.74) is 7.28. The Balaban J connectivity index is 1.80. The highest BCUT2D eigenvalue weighted by Crippen LogP contribution is 2.23. The number of hydrogen-bond acceptors (Lipinski definition) is 4. The van der Waals surface area contributed by atoms with E-state index < -0.39 is 0 Å². The highest BCUT2D eigenvalue weighted by Gasteiger charge is 2.06. The molecule has 0 atom stereocenters. The molecular formula is C13H11FN4S. The third-order valence-electron chi connectivity index (χ3n) is 2.72. The molecule has 0 saturated carbocycles. The van der Waals surface area contributed by atoms with Gasteiger partial charge in [-0.05, 0) is 29.8 Å². The zero-order valence-electron chi connectivity index (χ0n) is 9.95. The van der Waals surface area contributed by atoms with Gasteiger partial charge in [-0.2, -0.15) is 0 Å². The van der Waals surface area contributed by atoms with E-state index in [4.69, 9.17) is 5.73 Å². The van der Waals surface area contributed by atoms with Crippen LogP contribution >= 0.6 is 11.8 Å². The van der Waals surface area contributed by atoms with Crippen molar-refractivity contribution < 1.29 is 4.39 Å². The maximum Gasteiger partial charge on any atom is 0.195 e. The van der Waals surface area contributed by atoms with E-state index in [1.165, 1.54) is 17.8 Å². The minimum atomic E-state index is -0.385. The molecule has 0 aliphatic heterocycles. The van der Waals surface area contributed by atoms with Crippen LogP contribution in [0.2, 0.25) is 0 Å². The Bertz CT molecular complexity index is 725. The Kier molecular flexibility index (Phi) is 3.08. The van der Waals surface area contributed by atoms with Crippen LogP contribution in [0.1, 0.15) is 5.56 Å². The molecule has 0 fully saturated rings. The number of thioether (sulfide) groups is 1. The Labute approximate surface area is 113 Å². The molecule has 0 aliphatic carbocycles. The van der Waals surface area contributed by atoms with Gasteiger partial charge < -0.3 is 5.73 Å². The third kappa shape index (κ3) is 2.39. The Hall–Kier alpha value is -2.08. The van der Waals surface area contributed by atoms with E-state index in [9.17, 15) is 4.39 Å². The summed E-state index contributed by atoms with van der Waals surface area (Å²) in [6.45, 7) is 0. The van der Waals surface area contributed by atoms with Crippen LogP contribution in [0.3, 0.4) is 0 Å². The summed E-state index contributed by atoms with van der Waals surface area (Å²) in [5, 5.41) is 8.95. The van der Waals surface area contributed by atoms with Crippen LogP contribution in [0.15, 0.2) is 47.8 Å². The quantitative estimate of drug-likeness (QED) is 0.589. The number of benzene rings is 1. The number of nitrogen functional groups attached to an aromatic ring is 1. The third-order valence-corrected chi connectivity index (χ3v) is 3.73. The SMILES string of the molecule is Nc1ccc(CSc2nnc3ccccn23)cc1F. The van der Waals surface area contributed by atoms with E-state index in [-0.39, 0.29) is 11.5 Å². The largest absolute Gasteiger partial charge is 0.396 e. The number of hydrogen-bond donors (Lipinski definition) is 1. The Morgan fingerprint density at radius 1 is 1.21 bits per heavy atom. The minimum absolute atomic E-state index is 0.168. The van der Waals surface area contributed by atoms with Gasteiger partial charge >= 0.3 is 0 Å². The summed E-state index contributed by atoms with van der Waals surface area (Å²) in [4.78, 5) is 0. The monoisotopic (exact) mass is 274 g/mol. The summed E-state index contributed by atoms with van der Waals surface area (Å²) >= 11 is 1.51. The average molecular weight is 274 g/mol. The molecule has 2 N–H and O–H groups in total. The van der Waals surface area contributed by atoms with Gasteiger partial charge in [0.1, 0.15) is 5.82 Å². The van der Waals surface area contributed by atoms with Gasteiger partial charge in [0.25, 0.3) is 0 Å². The number of nitrogens with zero attached hydrogens (tertiary/aromatic N) is 3. The van der Waals surface area contributed by atoms with Crippen LogP contribution in [-0.2, 0) is 5.75 Å². The average Bonchev–Trinajstić information content (AvgIpc) is 2.83. The molecule has 4 nitrogen and oxygen atoms in total. The maximum atomic E-state index is 13.3. The molecule has 0 unspecified atom stereocenters. The number of rotatable bonds is 3. The molecule has 0 bridgehead atoms. The lowest BCUT2D eigenvalue weighted by Gasteiger charge is -2.02. The van der Waals surface area contributed by atoms with Gasteiger partial charge in [0.2, 0.25) is 0 Å². The molecule has 19 heavy (non-hydrogen) atoms. The molecule has 6 heteroatoms. The van der Waals surface area contributed by atoms with Gasteiger partial charge in [0.05, 0.1) is 5.69 Å². The predicted molar refractivity (Wildman–Crippen MR) is 73.4 cm³/mol. The fraction of sp³-hybridized carbons (Fsp3) is 0.0769. The number of aromatic nitrogens is 3. The van der Waals surface area contributed by atoms with Crippen LogP contribution in [-0.4, -0.2) is 14.6 Å². The number of fused-ring (bicyclic) bond motifs is 1. The minimum Gasteiger partial charge on any atom is -0.396 e. The predicted octanol–water partition coefficient (Wildman–Crippen LogP) is 2.74. The van der Waals surface area contributed by atoms with Crippen molar-refractivity contribution in [1.82, 2.24) is 14.6 Å². The van der Waals surface area contributed by atoms with Crippen molar-refractivity contribution in [2.24, 2.45) is 0 Å². The normalized spacial score (nSPS) is 11.0. The van der Waals surface area contributed by atoms with E-state index in [2.05, 4.69) is 10.2 Å². The topological polar surface area (TPSA) is 56.2 Å². The second-order valence-electron chi connectivity index (χ2n) is 4.06. The first-order valence-electron chi connectivity index (χ1n) is 5.70. The zero-order chi connectivity index (χ0) is 13.2. The van der Waals surface area contributed by atoms with Crippen molar-refractivity contribution >= 4 is 23.1 Å². The van der Waals surface area contributed by atoms with Crippen molar-refractivity contribution in [2.75, 3.05) is 5.73 Å². The summed E-state index contributed by atoms with van der Waals surface area (Å²) in [6, 6.07) is 10.6. The van der Waals surface area contributed by atoms with Gasteiger partial charge in [0.15, 0.2) is 10.8 Å². The van der Waals surface area contributed by atoms with Gasteiger partial charge in [0, 0.05) is 11.9 Å². The van der Waals surface area contributed by atoms with Crippen LogP contribution in [0.25, 0.3) is 5.65 Å². The van der Waals surface area contributed by atoms with Crippen LogP contribution in [0, 0.1) is 5.82 Å². The second kappa shape index (κ2) is 4.89. The molecule has 0 saturated heterocycles. The summed E-state index contributed by atoms with van der Waals surface area (Å²) < 4.78 is 15.2. The summed E-state index contributed by atoms with van der Waals surface area (Å²) in [7, 11) is 0. The van der Waals surface area contributed by atoms with E-state index in [1.54, 1.807) is 6.07 Å². The van der Waals surface area contributed by atoms with Gasteiger partial charge in [-0.25, -0.2) is 4.39 Å². The van der Waals surface area contributed by atoms with Crippen molar-refractivity contribution in [3.63, 3.8) is 0 Å². The van der Waals surface area contributed by atoms with Crippen LogP contribution < -0.4 is 5.73 Å². The number of nitrogens with two attached hydrogens (primary N) is 1. The van der Waals surface area contributed by atoms with Crippen molar-refractivity contribution in [2.45, 2.75) is 10.9 Å². The zero-order valence-corrected chi connectivity index (χ0v) is 10.8. The lowest BCUT2D eigenvalue weighted by atomic mass is 10.2. The standard InChI is InChI=1S/C13H11FN4S/c14-10-7-9(4-5-11(10)15)8-19-13-17-16-12-3-1-2-6-18(12)13/h1-7H,8,15H2. The van der Waals surface area contributed by atoms with E-state index in [0.717, 1.165) is 16.4 Å². The van der Waals surface area contributed by atoms with Crippen molar-refractivity contribution in [3.8, 4) is 0 Å². The number of pyridine rings is 1. The molecule has 0 aliphatic rings. The smallest absolute Gasteiger partial charge is 0.195 e. The van der Waals surface area contributed by atoms with Crippen molar-refractivity contribution in [1.29, 1.82) is 0 Å². The fourth-order valence-electron chi connectivity index (χ4n) is 1.73. The maximum absolute atomic E-state index is 13.3. The number of anilines is 1. The molecule has 2 heterocycles. The molecule has 3 aromatic rings. The van der Waals surface area contributed by atoms with Crippen molar-refractivity contribution in [3.05, 3.63) is 54.0 Å². The van der Waals surface area contributed by atoms with Gasteiger partial charge in [-0.1, -0.05) is 23.9 Å². The summed E-state index contributed by atoms with van der Waals surface area (Å²) in [6.07, 6.45) is 1.90. The molecule has 2 aromatic heterocycles. The number of halogens is 1. The molecule has 0 radical (unpaired) electrons. The molecule has 1 aromatic carbocycles. The molecule has 96 valence electrons. The Morgan fingerprint density at radius 2 is 2.11 bits per heavy atom. The molecule has 0 spiro atoms. The van der Waals surface area contributed by atoms with E-state index in [0.29, 0.717) is 5.75 Å². The van der Waals surface area contributed by atoms with E-state index in [1.807, 2.05) is 34.9 Å². The molecule has 3 rings (SSSR count). The summed E-state index contributed by atoms with van der Waals surface area (Å²) in [5.74, 6) is 0.233. The van der Waals surface area contributed by atoms with Crippen LogP contribution in [0.5, 0.6) is 0 Å². The fourth-order valence-corrected chi connectivity index (χ4v) is 2.59. The highest BCUT2D eigenvalue weighted by atomic mass is 32.2. The first-order valence-corrected chi connectivity index (χ1v) is 6.69. The first kappa shape index (κ1) is 12.0. The first-order chi connectivity index (χ1) is 9.24. The Morgan fingerprint density at radius 3 is 2.95 bits per heavy atom. The van der Waals surface area contributed by atoms with E-state index >= 15 is 0 Å². The lowest BCUT2D eigenvalue weighted by molar-refractivity contribution is 0.631. The highest BCUT2D eigenvalue weighted by molar-refractivity contribution is 7.98. The lowest BCUT2D eigenvalue weighted by Crippen LogP contribution is -1.92. The molecule has 0 amide bonds. The molecular weight excluding hydrogens is 263 g/mol.